The number of nitrogens with zero attached hydrogens (tertiary/aromatic N) is 1. The van der Waals surface area contributed by atoms with E-state index in [1.165, 1.54) is 0 Å². The maximum atomic E-state index is 13.1. The summed E-state index contributed by atoms with van der Waals surface area (Å²) >= 11 is 6.07. The smallest absolute Gasteiger partial charge is 0.238 e. The number of H-pyrrole nitrogens is 1. The molecule has 0 bridgehead atoms. The van der Waals surface area contributed by atoms with E-state index in [1.807, 2.05) is 38.1 Å². The van der Waals surface area contributed by atoms with Crippen LogP contribution < -0.4 is 5.32 Å². The number of rotatable bonds is 6. The minimum atomic E-state index is -0.445. The van der Waals surface area contributed by atoms with Gasteiger partial charge in [0.2, 0.25) is 5.91 Å². The Morgan fingerprint density at radius 1 is 1.15 bits per heavy atom. The van der Waals surface area contributed by atoms with E-state index < -0.39 is 6.04 Å². The molecule has 5 nitrogen and oxygen atoms in total. The largest absolute Gasteiger partial charge is 0.358 e. The summed E-state index contributed by atoms with van der Waals surface area (Å²) in [6.07, 6.45) is 0. The van der Waals surface area contributed by atoms with E-state index in [2.05, 4.69) is 10.3 Å². The van der Waals surface area contributed by atoms with E-state index in [0.717, 1.165) is 16.6 Å². The second kappa shape index (κ2) is 7.94. The lowest BCUT2D eigenvalue weighted by molar-refractivity contribution is -0.117. The van der Waals surface area contributed by atoms with Crippen molar-refractivity contribution in [2.75, 3.05) is 18.9 Å². The molecule has 1 aromatic heterocycles. The lowest BCUT2D eigenvalue weighted by atomic mass is 10.0. The van der Waals surface area contributed by atoms with Crippen LogP contribution in [0.4, 0.5) is 5.69 Å². The molecule has 3 rings (SSSR count). The van der Waals surface area contributed by atoms with Crippen LogP contribution in [-0.4, -0.2) is 41.2 Å². The number of nitrogens with one attached hydrogen (secondary N) is 2. The third-order valence-electron chi connectivity index (χ3n) is 4.72. The molecule has 0 radical (unpaired) electrons. The van der Waals surface area contributed by atoms with Crippen molar-refractivity contribution in [1.82, 2.24) is 9.88 Å². The number of fused-ring (bicyclic) bond motifs is 1. The first-order chi connectivity index (χ1) is 12.9. The Balaban J connectivity index is 1.72. The minimum Gasteiger partial charge on any atom is -0.358 e. The number of benzene rings is 2. The third kappa shape index (κ3) is 4.04. The normalized spacial score (nSPS) is 12.3. The number of anilines is 1. The van der Waals surface area contributed by atoms with Gasteiger partial charge in [0, 0.05) is 22.2 Å². The van der Waals surface area contributed by atoms with Gasteiger partial charge in [-0.25, -0.2) is 0 Å². The van der Waals surface area contributed by atoms with Crippen LogP contribution in [0.2, 0.25) is 5.02 Å². The first kappa shape index (κ1) is 19.1. The van der Waals surface area contributed by atoms with Crippen LogP contribution in [0.3, 0.4) is 0 Å². The van der Waals surface area contributed by atoms with Crippen molar-refractivity contribution in [3.05, 3.63) is 64.8 Å². The molecular formula is C21H22ClN3O2. The molecule has 2 aromatic carbocycles. The van der Waals surface area contributed by atoms with Crippen molar-refractivity contribution in [2.45, 2.75) is 19.9 Å². The summed E-state index contributed by atoms with van der Waals surface area (Å²) in [5.41, 5.74) is 3.01. The fourth-order valence-electron chi connectivity index (χ4n) is 3.12. The van der Waals surface area contributed by atoms with Gasteiger partial charge in [0.1, 0.15) is 0 Å². The van der Waals surface area contributed by atoms with Crippen LogP contribution >= 0.6 is 11.6 Å². The van der Waals surface area contributed by atoms with Crippen LogP contribution in [0.1, 0.15) is 23.0 Å². The zero-order chi connectivity index (χ0) is 19.6. The summed E-state index contributed by atoms with van der Waals surface area (Å²) in [5, 5.41) is 4.16. The van der Waals surface area contributed by atoms with Crippen LogP contribution in [0.15, 0.2) is 48.5 Å². The van der Waals surface area contributed by atoms with E-state index in [1.54, 1.807) is 36.2 Å². The lowest BCUT2D eigenvalue weighted by Gasteiger charge is -2.23. The van der Waals surface area contributed by atoms with Crippen molar-refractivity contribution < 1.29 is 9.59 Å². The first-order valence-corrected chi connectivity index (χ1v) is 9.12. The molecule has 140 valence electrons. The molecule has 0 saturated heterocycles. The summed E-state index contributed by atoms with van der Waals surface area (Å²) in [6.45, 7) is 3.79. The van der Waals surface area contributed by atoms with Crippen molar-refractivity contribution in [2.24, 2.45) is 0 Å². The molecule has 0 aliphatic heterocycles. The van der Waals surface area contributed by atoms with E-state index >= 15 is 0 Å². The highest BCUT2D eigenvalue weighted by Crippen LogP contribution is 2.24. The maximum absolute atomic E-state index is 13.1. The molecule has 1 amide bonds. The number of amides is 1. The number of ketones is 1. The summed E-state index contributed by atoms with van der Waals surface area (Å²) in [5.74, 6) is -0.237. The molecule has 3 aromatic rings. The molecule has 2 N–H and O–H groups in total. The van der Waals surface area contributed by atoms with Crippen LogP contribution in [0.5, 0.6) is 0 Å². The lowest BCUT2D eigenvalue weighted by Crippen LogP contribution is -2.41. The van der Waals surface area contributed by atoms with E-state index in [-0.39, 0.29) is 18.2 Å². The third-order valence-corrected chi connectivity index (χ3v) is 5.05. The Labute approximate surface area is 163 Å². The average molecular weight is 384 g/mol. The van der Waals surface area contributed by atoms with Crippen LogP contribution in [0, 0.1) is 6.92 Å². The molecule has 6 heteroatoms. The molecule has 1 atom stereocenters. The number of hydrogen-bond acceptors (Lipinski definition) is 3. The zero-order valence-electron chi connectivity index (χ0n) is 15.5. The topological polar surface area (TPSA) is 65.2 Å². The molecule has 0 unspecified atom stereocenters. The number of aryl methyl sites for hydroxylation is 1. The Bertz CT molecular complexity index is 996. The number of carbonyl (C=O) groups excluding carboxylic acids is 2. The number of Topliss-reactive ketones (excluding diaryl/α,β-unsaturated/α-hetero) is 1. The van der Waals surface area contributed by atoms with Crippen LogP contribution in [-0.2, 0) is 4.79 Å². The highest BCUT2D eigenvalue weighted by molar-refractivity contribution is 6.33. The van der Waals surface area contributed by atoms with Crippen molar-refractivity contribution >= 4 is 39.9 Å². The Morgan fingerprint density at radius 3 is 2.56 bits per heavy atom. The highest BCUT2D eigenvalue weighted by atomic mass is 35.5. The van der Waals surface area contributed by atoms with Gasteiger partial charge in [0.25, 0.3) is 0 Å². The van der Waals surface area contributed by atoms with Gasteiger partial charge in [-0.15, -0.1) is 0 Å². The standard InChI is InChI=1S/C21H22ClN3O2/c1-13-20(15-8-4-6-10-17(15)23-13)21(27)14(2)25(3)12-19(26)24-18-11-7-5-9-16(18)22/h4-11,14,23H,12H2,1-3H3,(H,24,26)/t14-/m0/s1. The van der Waals surface area contributed by atoms with E-state index in [9.17, 15) is 9.59 Å². The molecule has 0 aliphatic carbocycles. The van der Waals surface area contributed by atoms with Crippen LogP contribution in [0.25, 0.3) is 10.9 Å². The molecule has 1 heterocycles. The van der Waals surface area contributed by atoms with Gasteiger partial charge in [0.05, 0.1) is 23.3 Å². The molecule has 0 aliphatic rings. The van der Waals surface area contributed by atoms with Crippen molar-refractivity contribution in [3.63, 3.8) is 0 Å². The van der Waals surface area contributed by atoms with E-state index in [4.69, 9.17) is 11.6 Å². The van der Waals surface area contributed by atoms with E-state index in [0.29, 0.717) is 16.3 Å². The number of halogens is 1. The quantitative estimate of drug-likeness (QED) is 0.624. The van der Waals surface area contributed by atoms with Crippen molar-refractivity contribution in [1.29, 1.82) is 0 Å². The van der Waals surface area contributed by atoms with Gasteiger partial charge in [-0.05, 0) is 39.1 Å². The summed E-state index contributed by atoms with van der Waals surface area (Å²) in [4.78, 5) is 30.4. The fourth-order valence-corrected chi connectivity index (χ4v) is 3.30. The molecule has 0 fully saturated rings. The summed E-state index contributed by atoms with van der Waals surface area (Å²) < 4.78 is 0. The number of para-hydroxylation sites is 2. The van der Waals surface area contributed by atoms with Gasteiger partial charge >= 0.3 is 0 Å². The number of aromatic amines is 1. The molecule has 0 spiro atoms. The first-order valence-electron chi connectivity index (χ1n) is 8.74. The van der Waals surface area contributed by atoms with Crippen molar-refractivity contribution in [3.8, 4) is 0 Å². The van der Waals surface area contributed by atoms with Gasteiger partial charge < -0.3 is 10.3 Å². The highest BCUT2D eigenvalue weighted by Gasteiger charge is 2.25. The Morgan fingerprint density at radius 2 is 1.81 bits per heavy atom. The van der Waals surface area contributed by atoms with Gasteiger partial charge in [-0.3, -0.25) is 14.5 Å². The maximum Gasteiger partial charge on any atom is 0.238 e. The molecule has 0 saturated carbocycles. The minimum absolute atomic E-state index is 0.0157. The van der Waals surface area contributed by atoms with Gasteiger partial charge in [-0.1, -0.05) is 41.9 Å². The number of hydrogen-bond donors (Lipinski definition) is 2. The predicted octanol–water partition coefficient (Wildman–Crippen LogP) is 4.27. The van der Waals surface area contributed by atoms with Gasteiger partial charge in [0.15, 0.2) is 5.78 Å². The number of aromatic nitrogens is 1. The monoisotopic (exact) mass is 383 g/mol. The molecular weight excluding hydrogens is 362 g/mol. The Hall–Kier alpha value is -2.63. The Kier molecular flexibility index (Phi) is 5.63. The second-order valence-corrected chi connectivity index (χ2v) is 7.06. The number of carbonyl (C=O) groups is 2. The number of likely N-dealkylation sites (N-methyl/N-ethyl adjacent to an activating group) is 1. The zero-order valence-corrected chi connectivity index (χ0v) is 16.3. The predicted molar refractivity (Wildman–Crippen MR) is 110 cm³/mol. The van der Waals surface area contributed by atoms with Gasteiger partial charge in [-0.2, -0.15) is 0 Å². The SMILES string of the molecule is Cc1[nH]c2ccccc2c1C(=O)[C@H](C)N(C)CC(=O)Nc1ccccc1Cl. The average Bonchev–Trinajstić information content (AvgIpc) is 2.98. The second-order valence-electron chi connectivity index (χ2n) is 6.65. The summed E-state index contributed by atoms with van der Waals surface area (Å²) in [6, 6.07) is 14.3. The summed E-state index contributed by atoms with van der Waals surface area (Å²) in [7, 11) is 1.76. The molecule has 27 heavy (non-hydrogen) atoms. The fraction of sp³-hybridized carbons (Fsp3) is 0.238.